The van der Waals surface area contributed by atoms with E-state index in [1.54, 1.807) is 0 Å². The van der Waals surface area contributed by atoms with Gasteiger partial charge in [-0.15, -0.1) is 0 Å². The number of rotatable bonds is 1. The summed E-state index contributed by atoms with van der Waals surface area (Å²) >= 11 is 0. The van der Waals surface area contributed by atoms with Crippen LogP contribution in [0.3, 0.4) is 0 Å². The van der Waals surface area contributed by atoms with Gasteiger partial charge in [-0.05, 0) is 12.0 Å². The molecular weight excluding hydrogens is 186 g/mol. The molecule has 1 aliphatic rings. The first-order valence-electron chi connectivity index (χ1n) is 4.97. The number of nitrogens with one attached hydrogen (secondary N) is 1. The molecule has 1 aromatic rings. The van der Waals surface area contributed by atoms with Crippen LogP contribution in [0.2, 0.25) is 0 Å². The van der Waals surface area contributed by atoms with E-state index in [1.165, 1.54) is 5.56 Å². The van der Waals surface area contributed by atoms with Gasteiger partial charge in [0.1, 0.15) is 0 Å². The molecule has 0 bridgehead atoms. The van der Waals surface area contributed by atoms with E-state index in [0.29, 0.717) is 11.4 Å². The Kier molecular flexibility index (Phi) is 2.37. The van der Waals surface area contributed by atoms with Crippen molar-refractivity contribution in [3.05, 3.63) is 53.4 Å². The molecule has 1 aliphatic heterocycles. The maximum absolute atomic E-state index is 5.90. The molecule has 15 heavy (non-hydrogen) atoms. The van der Waals surface area contributed by atoms with E-state index in [9.17, 15) is 0 Å². The third-order valence-electron chi connectivity index (χ3n) is 2.60. The molecule has 3 heteroatoms. The van der Waals surface area contributed by atoms with Gasteiger partial charge in [-0.2, -0.15) is 0 Å². The highest BCUT2D eigenvalue weighted by Gasteiger charge is 2.15. The van der Waals surface area contributed by atoms with Gasteiger partial charge in [0, 0.05) is 17.8 Å². The monoisotopic (exact) mass is 201 g/mol. The molecule has 0 aromatic heterocycles. The van der Waals surface area contributed by atoms with Crippen LogP contribution in [0, 0.1) is 0 Å². The predicted octanol–water partition coefficient (Wildman–Crippen LogP) is 0.932. The van der Waals surface area contributed by atoms with E-state index >= 15 is 0 Å². The van der Waals surface area contributed by atoms with Crippen molar-refractivity contribution in [2.24, 2.45) is 11.5 Å². The first kappa shape index (κ1) is 9.65. The fraction of sp³-hybridized carbons (Fsp3) is 0.167. The van der Waals surface area contributed by atoms with Gasteiger partial charge >= 0.3 is 0 Å². The lowest BCUT2D eigenvalue weighted by Crippen LogP contribution is -2.27. The van der Waals surface area contributed by atoms with Crippen molar-refractivity contribution in [3.8, 4) is 0 Å². The Bertz CT molecular complexity index is 432. The Morgan fingerprint density at radius 3 is 2.73 bits per heavy atom. The fourth-order valence-corrected chi connectivity index (χ4v) is 1.80. The predicted molar refractivity (Wildman–Crippen MR) is 62.6 cm³/mol. The summed E-state index contributed by atoms with van der Waals surface area (Å²) < 4.78 is 0. The molecule has 1 aromatic carbocycles. The van der Waals surface area contributed by atoms with E-state index in [2.05, 4.69) is 18.0 Å². The van der Waals surface area contributed by atoms with Crippen LogP contribution in [0.25, 0.3) is 5.70 Å². The number of hydrogen-bond acceptors (Lipinski definition) is 3. The summed E-state index contributed by atoms with van der Waals surface area (Å²) in [6.07, 6.45) is 1.02. The molecule has 3 nitrogen and oxygen atoms in total. The first-order valence-corrected chi connectivity index (χ1v) is 4.97. The second-order valence-electron chi connectivity index (χ2n) is 3.65. The average Bonchev–Trinajstić information content (AvgIpc) is 2.27. The lowest BCUT2D eigenvalue weighted by atomic mass is 9.97. The van der Waals surface area contributed by atoms with Crippen molar-refractivity contribution in [1.82, 2.24) is 5.32 Å². The number of fused-ring (bicyclic) bond motifs is 1. The van der Waals surface area contributed by atoms with Crippen LogP contribution in [-0.2, 0) is 6.42 Å². The maximum Gasteiger partial charge on any atom is 0.0783 e. The summed E-state index contributed by atoms with van der Waals surface area (Å²) in [6, 6.07) is 8.20. The largest absolute Gasteiger partial charge is 0.397 e. The molecule has 1 heterocycles. The van der Waals surface area contributed by atoms with Crippen molar-refractivity contribution < 1.29 is 0 Å². The van der Waals surface area contributed by atoms with Crippen molar-refractivity contribution in [2.45, 2.75) is 6.42 Å². The lowest BCUT2D eigenvalue weighted by Gasteiger charge is -2.22. The van der Waals surface area contributed by atoms with Crippen molar-refractivity contribution >= 4 is 5.70 Å². The van der Waals surface area contributed by atoms with Crippen LogP contribution in [0.5, 0.6) is 0 Å². The van der Waals surface area contributed by atoms with Crippen LogP contribution in [0.15, 0.2) is 42.2 Å². The van der Waals surface area contributed by atoms with Gasteiger partial charge in [0.15, 0.2) is 0 Å². The quantitative estimate of drug-likeness (QED) is 0.633. The minimum absolute atomic E-state index is 0.411. The van der Waals surface area contributed by atoms with Crippen LogP contribution in [0.1, 0.15) is 11.1 Å². The highest BCUT2D eigenvalue weighted by molar-refractivity contribution is 5.73. The van der Waals surface area contributed by atoms with Crippen molar-refractivity contribution in [3.63, 3.8) is 0 Å². The summed E-state index contributed by atoms with van der Waals surface area (Å²) in [7, 11) is 0. The zero-order valence-electron chi connectivity index (χ0n) is 8.59. The molecular formula is C12H15N3. The summed E-state index contributed by atoms with van der Waals surface area (Å²) in [5.41, 5.74) is 15.8. The van der Waals surface area contributed by atoms with Crippen molar-refractivity contribution in [1.29, 1.82) is 0 Å². The molecule has 0 radical (unpaired) electrons. The van der Waals surface area contributed by atoms with Crippen LogP contribution in [0.4, 0.5) is 0 Å². The highest BCUT2D eigenvalue weighted by Crippen LogP contribution is 2.23. The third kappa shape index (κ3) is 1.68. The molecule has 78 valence electrons. The number of nitrogens with two attached hydrogens (primary N) is 2. The molecule has 0 aliphatic carbocycles. The Balaban J connectivity index is 2.55. The topological polar surface area (TPSA) is 64.1 Å². The minimum atomic E-state index is 0.411. The third-order valence-corrected chi connectivity index (χ3v) is 2.60. The van der Waals surface area contributed by atoms with Gasteiger partial charge in [0.05, 0.1) is 11.4 Å². The summed E-state index contributed by atoms with van der Waals surface area (Å²) in [5.74, 6) is 0. The van der Waals surface area contributed by atoms with Crippen LogP contribution >= 0.6 is 0 Å². The van der Waals surface area contributed by atoms with Gasteiger partial charge < -0.3 is 16.8 Å². The van der Waals surface area contributed by atoms with Crippen LogP contribution < -0.4 is 16.8 Å². The van der Waals surface area contributed by atoms with Gasteiger partial charge in [0.2, 0.25) is 0 Å². The minimum Gasteiger partial charge on any atom is -0.397 e. The SMILES string of the molecule is C=C(N)/C(N)=C1\NCCc2ccccc21. The van der Waals surface area contributed by atoms with E-state index < -0.39 is 0 Å². The molecule has 5 N–H and O–H groups in total. The second-order valence-corrected chi connectivity index (χ2v) is 3.65. The Morgan fingerprint density at radius 1 is 1.27 bits per heavy atom. The summed E-state index contributed by atoms with van der Waals surface area (Å²) in [6.45, 7) is 4.55. The second kappa shape index (κ2) is 3.69. The first-order chi connectivity index (χ1) is 7.20. The van der Waals surface area contributed by atoms with E-state index in [1.807, 2.05) is 18.2 Å². The number of hydrogen-bond donors (Lipinski definition) is 3. The molecule has 0 fully saturated rings. The zero-order chi connectivity index (χ0) is 10.8. The molecule has 0 saturated carbocycles. The van der Waals surface area contributed by atoms with Crippen LogP contribution in [-0.4, -0.2) is 6.54 Å². The molecule has 0 amide bonds. The molecule has 0 spiro atoms. The molecule has 0 saturated heterocycles. The lowest BCUT2D eigenvalue weighted by molar-refractivity contribution is 0.808. The standard InChI is InChI=1S/C12H15N3/c1-8(13)11(14)12-10-5-3-2-4-9(10)6-7-15-12/h2-5,15H,1,6-7,13-14H2/b12-11+. The highest BCUT2D eigenvalue weighted by atomic mass is 14.9. The van der Waals surface area contributed by atoms with Gasteiger partial charge in [-0.25, -0.2) is 0 Å². The Hall–Kier alpha value is -1.90. The van der Waals surface area contributed by atoms with E-state index in [4.69, 9.17) is 11.5 Å². The van der Waals surface area contributed by atoms with Gasteiger partial charge in [-0.3, -0.25) is 0 Å². The smallest absolute Gasteiger partial charge is 0.0783 e. The van der Waals surface area contributed by atoms with E-state index in [-0.39, 0.29) is 0 Å². The van der Waals surface area contributed by atoms with E-state index in [0.717, 1.165) is 24.2 Å². The van der Waals surface area contributed by atoms with Gasteiger partial charge in [-0.1, -0.05) is 30.8 Å². The zero-order valence-corrected chi connectivity index (χ0v) is 8.59. The molecule has 0 unspecified atom stereocenters. The van der Waals surface area contributed by atoms with Gasteiger partial charge in [0.25, 0.3) is 0 Å². The Labute approximate surface area is 89.5 Å². The normalized spacial score (nSPS) is 17.6. The molecule has 0 atom stereocenters. The maximum atomic E-state index is 5.90. The number of benzene rings is 1. The van der Waals surface area contributed by atoms with Crippen molar-refractivity contribution in [2.75, 3.05) is 6.54 Å². The summed E-state index contributed by atoms with van der Waals surface area (Å²) in [4.78, 5) is 0. The average molecular weight is 201 g/mol. The summed E-state index contributed by atoms with van der Waals surface area (Å²) in [5, 5.41) is 3.27. The Morgan fingerprint density at radius 2 is 2.00 bits per heavy atom. The molecule has 2 rings (SSSR count). The fourth-order valence-electron chi connectivity index (χ4n) is 1.80.